The van der Waals surface area contributed by atoms with Gasteiger partial charge in [0.2, 0.25) is 0 Å². The number of hydrogen-bond acceptors (Lipinski definition) is 4. The quantitative estimate of drug-likeness (QED) is 0.723. The smallest absolute Gasteiger partial charge is 0.139 e. The summed E-state index contributed by atoms with van der Waals surface area (Å²) in [5.41, 5.74) is 0.984. The van der Waals surface area contributed by atoms with E-state index in [1.165, 1.54) is 0 Å². The first-order chi connectivity index (χ1) is 7.09. The van der Waals surface area contributed by atoms with Crippen molar-refractivity contribution in [2.75, 3.05) is 27.2 Å². The zero-order chi connectivity index (χ0) is 11.3. The molecule has 0 saturated carbocycles. The average molecular weight is 211 g/mol. The van der Waals surface area contributed by atoms with Crippen molar-refractivity contribution in [3.8, 4) is 0 Å². The molecule has 1 aromatic rings. The van der Waals surface area contributed by atoms with Gasteiger partial charge in [0.05, 0.1) is 5.69 Å². The molecule has 4 nitrogen and oxygen atoms in total. The van der Waals surface area contributed by atoms with Crippen LogP contribution in [0.25, 0.3) is 0 Å². The summed E-state index contributed by atoms with van der Waals surface area (Å²) < 4.78 is 5.20. The lowest BCUT2D eigenvalue weighted by Crippen LogP contribution is -2.26. The van der Waals surface area contributed by atoms with Gasteiger partial charge in [0.15, 0.2) is 0 Å². The molecule has 0 aliphatic heterocycles. The Morgan fingerprint density at radius 3 is 2.73 bits per heavy atom. The van der Waals surface area contributed by atoms with Crippen molar-refractivity contribution in [3.63, 3.8) is 0 Å². The van der Waals surface area contributed by atoms with Gasteiger partial charge in [0.1, 0.15) is 5.76 Å². The molecule has 0 unspecified atom stereocenters. The van der Waals surface area contributed by atoms with Gasteiger partial charge in [-0.15, -0.1) is 0 Å². The first-order valence-electron chi connectivity index (χ1n) is 5.40. The second-order valence-electron chi connectivity index (χ2n) is 4.36. The summed E-state index contributed by atoms with van der Waals surface area (Å²) in [5.74, 6) is 1.37. The lowest BCUT2D eigenvalue weighted by Gasteiger charge is -2.08. The standard InChI is InChI=1S/C11H21N3O/c1-9(2)11-7-10(13-15-11)8-12-5-6-14(3)4/h7,9,12H,5-6,8H2,1-4H3. The average Bonchev–Trinajstić information content (AvgIpc) is 2.60. The molecule has 1 heterocycles. The second kappa shape index (κ2) is 5.88. The molecule has 0 aliphatic carbocycles. The topological polar surface area (TPSA) is 41.3 Å². The van der Waals surface area contributed by atoms with E-state index >= 15 is 0 Å². The third-order valence-corrected chi connectivity index (χ3v) is 2.19. The van der Waals surface area contributed by atoms with Gasteiger partial charge in [0.25, 0.3) is 0 Å². The summed E-state index contributed by atoms with van der Waals surface area (Å²) in [6.07, 6.45) is 0. The number of nitrogens with one attached hydrogen (secondary N) is 1. The van der Waals surface area contributed by atoms with E-state index in [-0.39, 0.29) is 0 Å². The molecular weight excluding hydrogens is 190 g/mol. The molecule has 0 aliphatic rings. The predicted octanol–water partition coefficient (Wildman–Crippen LogP) is 1.45. The molecule has 1 N–H and O–H groups in total. The number of rotatable bonds is 6. The Morgan fingerprint density at radius 2 is 2.20 bits per heavy atom. The largest absolute Gasteiger partial charge is 0.361 e. The molecule has 0 radical (unpaired) electrons. The van der Waals surface area contributed by atoms with Crippen molar-refractivity contribution < 1.29 is 4.52 Å². The first-order valence-corrected chi connectivity index (χ1v) is 5.40. The van der Waals surface area contributed by atoms with Crippen LogP contribution in [0.4, 0.5) is 0 Å². The number of hydrogen-bond donors (Lipinski definition) is 1. The Bertz CT molecular complexity index is 281. The summed E-state index contributed by atoms with van der Waals surface area (Å²) >= 11 is 0. The van der Waals surface area contributed by atoms with E-state index in [1.54, 1.807) is 0 Å². The number of aromatic nitrogens is 1. The van der Waals surface area contributed by atoms with Crippen LogP contribution in [0.15, 0.2) is 10.6 Å². The lowest BCUT2D eigenvalue weighted by atomic mass is 10.1. The van der Waals surface area contributed by atoms with Gasteiger partial charge in [-0.05, 0) is 14.1 Å². The fourth-order valence-electron chi connectivity index (χ4n) is 1.20. The van der Waals surface area contributed by atoms with Crippen LogP contribution in [0, 0.1) is 0 Å². The Labute approximate surface area is 91.6 Å². The van der Waals surface area contributed by atoms with Crippen molar-refractivity contribution in [1.82, 2.24) is 15.4 Å². The van der Waals surface area contributed by atoms with Crippen molar-refractivity contribution in [2.24, 2.45) is 0 Å². The highest BCUT2D eigenvalue weighted by molar-refractivity contribution is 5.08. The minimum absolute atomic E-state index is 0.410. The molecule has 0 atom stereocenters. The van der Waals surface area contributed by atoms with Crippen molar-refractivity contribution in [2.45, 2.75) is 26.3 Å². The van der Waals surface area contributed by atoms with E-state index in [0.717, 1.165) is 31.1 Å². The minimum atomic E-state index is 0.410. The molecule has 0 saturated heterocycles. The van der Waals surface area contributed by atoms with Crippen molar-refractivity contribution in [3.05, 3.63) is 17.5 Å². The predicted molar refractivity (Wildman–Crippen MR) is 60.9 cm³/mol. The molecule has 0 spiro atoms. The number of likely N-dealkylation sites (N-methyl/N-ethyl adjacent to an activating group) is 1. The molecular formula is C11H21N3O. The SMILES string of the molecule is CC(C)c1cc(CNCCN(C)C)no1. The fourth-order valence-corrected chi connectivity index (χ4v) is 1.20. The summed E-state index contributed by atoms with van der Waals surface area (Å²) in [7, 11) is 4.13. The fraction of sp³-hybridized carbons (Fsp3) is 0.727. The maximum Gasteiger partial charge on any atom is 0.139 e. The van der Waals surface area contributed by atoms with E-state index in [2.05, 4.69) is 43.3 Å². The summed E-state index contributed by atoms with van der Waals surface area (Å²) in [4.78, 5) is 2.15. The molecule has 86 valence electrons. The van der Waals surface area contributed by atoms with Crippen LogP contribution >= 0.6 is 0 Å². The molecule has 0 bridgehead atoms. The summed E-state index contributed by atoms with van der Waals surface area (Å²) in [6, 6.07) is 2.02. The van der Waals surface area contributed by atoms with E-state index in [0.29, 0.717) is 5.92 Å². The van der Waals surface area contributed by atoms with Crippen LogP contribution < -0.4 is 5.32 Å². The van der Waals surface area contributed by atoms with Crippen molar-refractivity contribution >= 4 is 0 Å². The highest BCUT2D eigenvalue weighted by Gasteiger charge is 2.06. The van der Waals surface area contributed by atoms with Crippen molar-refractivity contribution in [1.29, 1.82) is 0 Å². The highest BCUT2D eigenvalue weighted by Crippen LogP contribution is 2.14. The van der Waals surface area contributed by atoms with Crippen LogP contribution in [0.5, 0.6) is 0 Å². The maximum absolute atomic E-state index is 5.20. The Hall–Kier alpha value is -0.870. The van der Waals surface area contributed by atoms with Crippen LogP contribution in [-0.2, 0) is 6.54 Å². The molecule has 0 fully saturated rings. The third-order valence-electron chi connectivity index (χ3n) is 2.19. The van der Waals surface area contributed by atoms with Gasteiger partial charge < -0.3 is 14.7 Å². The molecule has 1 rings (SSSR count). The third kappa shape index (κ3) is 4.44. The molecule has 4 heteroatoms. The van der Waals surface area contributed by atoms with Gasteiger partial charge in [-0.2, -0.15) is 0 Å². The van der Waals surface area contributed by atoms with Crippen LogP contribution in [0.1, 0.15) is 31.2 Å². The van der Waals surface area contributed by atoms with E-state index in [9.17, 15) is 0 Å². The molecule has 0 aromatic carbocycles. The van der Waals surface area contributed by atoms with E-state index in [4.69, 9.17) is 4.52 Å². The molecule has 15 heavy (non-hydrogen) atoms. The van der Waals surface area contributed by atoms with E-state index in [1.807, 2.05) is 6.07 Å². The lowest BCUT2D eigenvalue weighted by molar-refractivity contribution is 0.361. The highest BCUT2D eigenvalue weighted by atomic mass is 16.5. The first kappa shape index (κ1) is 12.2. The van der Waals surface area contributed by atoms with Gasteiger partial charge in [-0.25, -0.2) is 0 Å². The molecule has 0 amide bonds. The minimum Gasteiger partial charge on any atom is -0.361 e. The van der Waals surface area contributed by atoms with Crippen LogP contribution in [0.2, 0.25) is 0 Å². The van der Waals surface area contributed by atoms with Crippen LogP contribution in [-0.4, -0.2) is 37.2 Å². The number of nitrogens with zero attached hydrogens (tertiary/aromatic N) is 2. The Morgan fingerprint density at radius 1 is 1.47 bits per heavy atom. The van der Waals surface area contributed by atoms with Gasteiger partial charge in [-0.1, -0.05) is 19.0 Å². The van der Waals surface area contributed by atoms with Gasteiger partial charge in [-0.3, -0.25) is 0 Å². The Balaban J connectivity index is 2.26. The normalized spacial score (nSPS) is 11.6. The van der Waals surface area contributed by atoms with E-state index < -0.39 is 0 Å². The van der Waals surface area contributed by atoms with Gasteiger partial charge >= 0.3 is 0 Å². The second-order valence-corrected chi connectivity index (χ2v) is 4.36. The summed E-state index contributed by atoms with van der Waals surface area (Å²) in [5, 5.41) is 7.32. The zero-order valence-corrected chi connectivity index (χ0v) is 10.1. The molecule has 1 aromatic heterocycles. The summed E-state index contributed by atoms with van der Waals surface area (Å²) in [6.45, 7) is 6.99. The zero-order valence-electron chi connectivity index (χ0n) is 10.1. The van der Waals surface area contributed by atoms with Gasteiger partial charge in [0, 0.05) is 31.6 Å². The monoisotopic (exact) mass is 211 g/mol. The maximum atomic E-state index is 5.20. The Kier molecular flexibility index (Phi) is 4.78. The van der Waals surface area contributed by atoms with Crippen LogP contribution in [0.3, 0.4) is 0 Å².